The summed E-state index contributed by atoms with van der Waals surface area (Å²) >= 11 is 0. The molecule has 0 saturated carbocycles. The van der Waals surface area contributed by atoms with Crippen molar-refractivity contribution in [3.05, 3.63) is 48.2 Å². The van der Waals surface area contributed by atoms with Crippen molar-refractivity contribution in [2.24, 2.45) is 0 Å². The van der Waals surface area contributed by atoms with Crippen LogP contribution in [0.1, 0.15) is 28.4 Å². The third-order valence-corrected chi connectivity index (χ3v) is 3.74. The zero-order valence-electron chi connectivity index (χ0n) is 11.8. The zero-order chi connectivity index (χ0) is 14.7. The predicted molar refractivity (Wildman–Crippen MR) is 77.2 cm³/mol. The second-order valence-electron chi connectivity index (χ2n) is 4.97. The highest BCUT2D eigenvalue weighted by Gasteiger charge is 2.25. The highest BCUT2D eigenvalue weighted by Crippen LogP contribution is 2.29. The molecule has 2 aromatic heterocycles. The molecule has 1 unspecified atom stereocenters. The fourth-order valence-corrected chi connectivity index (χ4v) is 2.61. The van der Waals surface area contributed by atoms with Gasteiger partial charge in [0.15, 0.2) is 5.69 Å². The molecule has 1 saturated heterocycles. The summed E-state index contributed by atoms with van der Waals surface area (Å²) in [6, 6.07) is 5.78. The van der Waals surface area contributed by atoms with Crippen LogP contribution in [0.25, 0.3) is 0 Å². The molecule has 1 fully saturated rings. The summed E-state index contributed by atoms with van der Waals surface area (Å²) in [5.41, 5.74) is 1.57. The van der Waals surface area contributed by atoms with E-state index in [9.17, 15) is 4.79 Å². The molecule has 1 aliphatic heterocycles. The summed E-state index contributed by atoms with van der Waals surface area (Å²) in [5.74, 6) is 0.787. The molecule has 1 aliphatic rings. The standard InChI is InChI=1S/C15H16N4O2/c1-21-15(20)13-8-14(18-10-17-13)19-7-4-12(9-19)11-2-5-16-6-3-11/h2-3,5-6,8,10,12H,4,7,9H2,1H3. The van der Waals surface area contributed by atoms with Crippen LogP contribution in [-0.2, 0) is 4.74 Å². The smallest absolute Gasteiger partial charge is 0.356 e. The molecule has 0 N–H and O–H groups in total. The topological polar surface area (TPSA) is 68.2 Å². The first-order valence-electron chi connectivity index (χ1n) is 6.83. The van der Waals surface area contributed by atoms with E-state index in [1.807, 2.05) is 24.5 Å². The van der Waals surface area contributed by atoms with Gasteiger partial charge in [0.25, 0.3) is 0 Å². The Labute approximate surface area is 122 Å². The van der Waals surface area contributed by atoms with Gasteiger partial charge in [-0.25, -0.2) is 14.8 Å². The molecule has 3 heterocycles. The van der Waals surface area contributed by atoms with Crippen molar-refractivity contribution in [2.45, 2.75) is 12.3 Å². The molecule has 0 aromatic carbocycles. The fourth-order valence-electron chi connectivity index (χ4n) is 2.61. The van der Waals surface area contributed by atoms with E-state index in [0.29, 0.717) is 5.92 Å². The maximum Gasteiger partial charge on any atom is 0.356 e. The Morgan fingerprint density at radius 1 is 1.33 bits per heavy atom. The molecule has 0 bridgehead atoms. The normalized spacial score (nSPS) is 17.8. The number of hydrogen-bond donors (Lipinski definition) is 0. The van der Waals surface area contributed by atoms with Gasteiger partial charge in [-0.05, 0) is 24.1 Å². The number of ether oxygens (including phenoxy) is 1. The minimum atomic E-state index is -0.441. The molecule has 21 heavy (non-hydrogen) atoms. The van der Waals surface area contributed by atoms with Gasteiger partial charge in [0.05, 0.1) is 7.11 Å². The van der Waals surface area contributed by atoms with E-state index >= 15 is 0 Å². The van der Waals surface area contributed by atoms with Crippen molar-refractivity contribution >= 4 is 11.8 Å². The third-order valence-electron chi connectivity index (χ3n) is 3.74. The second-order valence-corrected chi connectivity index (χ2v) is 4.97. The zero-order valence-corrected chi connectivity index (χ0v) is 11.8. The molecular formula is C15H16N4O2. The number of pyridine rings is 1. The molecule has 0 aliphatic carbocycles. The van der Waals surface area contributed by atoms with Crippen LogP contribution >= 0.6 is 0 Å². The maximum absolute atomic E-state index is 11.5. The number of hydrogen-bond acceptors (Lipinski definition) is 6. The van der Waals surface area contributed by atoms with E-state index in [0.717, 1.165) is 25.3 Å². The van der Waals surface area contributed by atoms with Crippen molar-refractivity contribution in [3.63, 3.8) is 0 Å². The lowest BCUT2D eigenvalue weighted by Gasteiger charge is -2.17. The van der Waals surface area contributed by atoms with Crippen LogP contribution in [-0.4, -0.2) is 41.1 Å². The molecule has 3 rings (SSSR count). The van der Waals surface area contributed by atoms with Gasteiger partial charge in [-0.2, -0.15) is 0 Å². The third kappa shape index (κ3) is 2.84. The second kappa shape index (κ2) is 5.87. The highest BCUT2D eigenvalue weighted by molar-refractivity contribution is 5.87. The first-order valence-corrected chi connectivity index (χ1v) is 6.83. The van der Waals surface area contributed by atoms with Crippen LogP contribution in [0, 0.1) is 0 Å². The summed E-state index contributed by atoms with van der Waals surface area (Å²) in [7, 11) is 1.35. The molecular weight excluding hydrogens is 268 g/mol. The monoisotopic (exact) mass is 284 g/mol. The van der Waals surface area contributed by atoms with Gasteiger partial charge in [-0.3, -0.25) is 4.98 Å². The van der Waals surface area contributed by atoms with Crippen LogP contribution in [0.4, 0.5) is 5.82 Å². The lowest BCUT2D eigenvalue weighted by Crippen LogP contribution is -2.21. The van der Waals surface area contributed by atoms with Gasteiger partial charge in [-0.1, -0.05) is 0 Å². The van der Waals surface area contributed by atoms with E-state index in [1.165, 1.54) is 19.0 Å². The summed E-state index contributed by atoms with van der Waals surface area (Å²) in [5, 5.41) is 0. The number of carbonyl (C=O) groups excluding carboxylic acids is 1. The summed E-state index contributed by atoms with van der Waals surface area (Å²) in [6.45, 7) is 1.78. The van der Waals surface area contributed by atoms with E-state index in [4.69, 9.17) is 0 Å². The van der Waals surface area contributed by atoms with Gasteiger partial charge >= 0.3 is 5.97 Å². The molecule has 6 nitrogen and oxygen atoms in total. The van der Waals surface area contributed by atoms with Crippen LogP contribution in [0.3, 0.4) is 0 Å². The minimum absolute atomic E-state index is 0.287. The fraction of sp³-hybridized carbons (Fsp3) is 0.333. The number of nitrogens with zero attached hydrogens (tertiary/aromatic N) is 4. The number of anilines is 1. The van der Waals surface area contributed by atoms with Gasteiger partial charge in [0.2, 0.25) is 0 Å². The van der Waals surface area contributed by atoms with Crippen molar-refractivity contribution in [1.29, 1.82) is 0 Å². The average Bonchev–Trinajstić information content (AvgIpc) is 3.05. The number of carbonyl (C=O) groups is 1. The Morgan fingerprint density at radius 2 is 2.14 bits per heavy atom. The Kier molecular flexibility index (Phi) is 3.77. The molecule has 0 radical (unpaired) electrons. The number of aromatic nitrogens is 3. The van der Waals surface area contributed by atoms with Crippen LogP contribution in [0.2, 0.25) is 0 Å². The molecule has 6 heteroatoms. The highest BCUT2D eigenvalue weighted by atomic mass is 16.5. The first-order chi connectivity index (χ1) is 10.3. The SMILES string of the molecule is COC(=O)c1cc(N2CCC(c3ccncc3)C2)ncn1. The number of methoxy groups -OCH3 is 1. The maximum atomic E-state index is 11.5. The van der Waals surface area contributed by atoms with Crippen LogP contribution < -0.4 is 4.90 Å². The van der Waals surface area contributed by atoms with E-state index in [1.54, 1.807) is 6.07 Å². The van der Waals surface area contributed by atoms with Gasteiger partial charge < -0.3 is 9.64 Å². The van der Waals surface area contributed by atoms with Gasteiger partial charge in [0.1, 0.15) is 12.1 Å². The van der Waals surface area contributed by atoms with E-state index in [2.05, 4.69) is 24.6 Å². The van der Waals surface area contributed by atoms with Crippen molar-refractivity contribution in [3.8, 4) is 0 Å². The van der Waals surface area contributed by atoms with Crippen LogP contribution in [0.5, 0.6) is 0 Å². The van der Waals surface area contributed by atoms with Gasteiger partial charge in [-0.15, -0.1) is 0 Å². The Morgan fingerprint density at radius 3 is 2.90 bits per heavy atom. The Balaban J connectivity index is 1.76. The Bertz CT molecular complexity index is 633. The van der Waals surface area contributed by atoms with E-state index < -0.39 is 5.97 Å². The largest absolute Gasteiger partial charge is 0.464 e. The summed E-state index contributed by atoms with van der Waals surface area (Å²) < 4.78 is 4.69. The summed E-state index contributed by atoms with van der Waals surface area (Å²) in [6.07, 6.45) is 6.10. The van der Waals surface area contributed by atoms with Crippen LogP contribution in [0.15, 0.2) is 36.9 Å². The van der Waals surface area contributed by atoms with Gasteiger partial charge in [0, 0.05) is 37.5 Å². The first kappa shape index (κ1) is 13.5. The quantitative estimate of drug-likeness (QED) is 0.798. The lowest BCUT2D eigenvalue weighted by atomic mass is 10.00. The molecule has 0 amide bonds. The van der Waals surface area contributed by atoms with Crippen molar-refractivity contribution in [1.82, 2.24) is 15.0 Å². The molecule has 1 atom stereocenters. The molecule has 0 spiro atoms. The Hall–Kier alpha value is -2.50. The lowest BCUT2D eigenvalue weighted by molar-refractivity contribution is 0.0594. The minimum Gasteiger partial charge on any atom is -0.464 e. The van der Waals surface area contributed by atoms with Crippen molar-refractivity contribution < 1.29 is 9.53 Å². The molecule has 2 aromatic rings. The van der Waals surface area contributed by atoms with E-state index in [-0.39, 0.29) is 5.69 Å². The predicted octanol–water partition coefficient (Wildman–Crippen LogP) is 1.65. The average molecular weight is 284 g/mol. The number of rotatable bonds is 3. The summed E-state index contributed by atoms with van der Waals surface area (Å²) in [4.78, 5) is 25.9. The number of esters is 1. The molecule has 108 valence electrons. The van der Waals surface area contributed by atoms with Crippen molar-refractivity contribution in [2.75, 3.05) is 25.1 Å².